The lowest BCUT2D eigenvalue weighted by Gasteiger charge is -2.32. The third-order valence-corrected chi connectivity index (χ3v) is 3.65. The summed E-state index contributed by atoms with van der Waals surface area (Å²) in [7, 11) is 0. The van der Waals surface area contributed by atoms with Crippen LogP contribution in [0.2, 0.25) is 10.0 Å². The third kappa shape index (κ3) is 3.52. The number of nitrogens with zero attached hydrogens (tertiary/aromatic N) is 1. The molecule has 1 aliphatic heterocycles. The van der Waals surface area contributed by atoms with Crippen LogP contribution < -0.4 is 16.8 Å². The van der Waals surface area contributed by atoms with Crippen LogP contribution in [0.25, 0.3) is 0 Å². The first kappa shape index (κ1) is 14.9. The van der Waals surface area contributed by atoms with Gasteiger partial charge >= 0.3 is 0 Å². The Labute approximate surface area is 129 Å². The summed E-state index contributed by atoms with van der Waals surface area (Å²) in [6.07, 6.45) is 1.86. The van der Waals surface area contributed by atoms with E-state index in [4.69, 9.17) is 34.7 Å². The standard InChI is InChI=1S/C14H18Cl2N4/c1-9(17)6-13-14(18)19-4-5-20(13)8-10-7-11(15)2-3-12(10)16/h2-3,6-7,19H,4-5,8,17-18H2,1H3/b9-6-. The lowest BCUT2D eigenvalue weighted by Crippen LogP contribution is -2.41. The number of hydrogen-bond acceptors (Lipinski definition) is 4. The molecular formula is C14H18Cl2N4. The molecule has 0 aromatic heterocycles. The van der Waals surface area contributed by atoms with E-state index >= 15 is 0 Å². The second-order valence-corrected chi connectivity index (χ2v) is 5.61. The molecule has 0 saturated heterocycles. The summed E-state index contributed by atoms with van der Waals surface area (Å²) < 4.78 is 0. The Hall–Kier alpha value is -1.52. The topological polar surface area (TPSA) is 67.3 Å². The molecule has 4 nitrogen and oxygen atoms in total. The van der Waals surface area contributed by atoms with Gasteiger partial charge in [-0.2, -0.15) is 0 Å². The first-order valence-electron chi connectivity index (χ1n) is 6.33. The molecule has 2 rings (SSSR count). The predicted molar refractivity (Wildman–Crippen MR) is 84.0 cm³/mol. The number of hydrogen-bond donors (Lipinski definition) is 3. The van der Waals surface area contributed by atoms with Crippen LogP contribution in [-0.2, 0) is 6.54 Å². The van der Waals surface area contributed by atoms with Crippen molar-refractivity contribution in [2.45, 2.75) is 13.5 Å². The maximum atomic E-state index is 6.22. The fourth-order valence-electron chi connectivity index (χ4n) is 2.13. The fraction of sp³-hybridized carbons (Fsp3) is 0.286. The van der Waals surface area contributed by atoms with Crippen molar-refractivity contribution in [3.63, 3.8) is 0 Å². The fourth-order valence-corrected chi connectivity index (χ4v) is 2.50. The maximum Gasteiger partial charge on any atom is 0.120 e. The molecular weight excluding hydrogens is 295 g/mol. The van der Waals surface area contributed by atoms with Crippen molar-refractivity contribution in [1.29, 1.82) is 0 Å². The Morgan fingerprint density at radius 2 is 2.20 bits per heavy atom. The molecule has 0 atom stereocenters. The molecule has 20 heavy (non-hydrogen) atoms. The number of halogens is 2. The molecule has 0 unspecified atom stereocenters. The first-order valence-corrected chi connectivity index (χ1v) is 7.09. The van der Waals surface area contributed by atoms with Gasteiger partial charge in [-0.1, -0.05) is 23.2 Å². The molecule has 6 heteroatoms. The van der Waals surface area contributed by atoms with Gasteiger partial charge in [-0.25, -0.2) is 0 Å². The maximum absolute atomic E-state index is 6.22. The molecule has 108 valence electrons. The number of nitrogens with one attached hydrogen (secondary N) is 1. The molecule has 1 heterocycles. The zero-order valence-electron chi connectivity index (χ0n) is 11.3. The monoisotopic (exact) mass is 312 g/mol. The van der Waals surface area contributed by atoms with Crippen LogP contribution in [0.5, 0.6) is 0 Å². The third-order valence-electron chi connectivity index (χ3n) is 3.05. The van der Waals surface area contributed by atoms with Crippen molar-refractivity contribution in [1.82, 2.24) is 10.2 Å². The highest BCUT2D eigenvalue weighted by Crippen LogP contribution is 2.24. The average molecular weight is 313 g/mol. The van der Waals surface area contributed by atoms with Gasteiger partial charge in [-0.05, 0) is 36.8 Å². The van der Waals surface area contributed by atoms with Gasteiger partial charge in [0.25, 0.3) is 0 Å². The Bertz CT molecular complexity index is 562. The van der Waals surface area contributed by atoms with E-state index in [1.807, 2.05) is 19.1 Å². The molecule has 0 spiro atoms. The molecule has 0 fully saturated rings. The van der Waals surface area contributed by atoms with Crippen LogP contribution in [0.1, 0.15) is 12.5 Å². The molecule has 1 aromatic rings. The Morgan fingerprint density at radius 1 is 1.45 bits per heavy atom. The lowest BCUT2D eigenvalue weighted by atomic mass is 10.1. The molecule has 1 aliphatic rings. The lowest BCUT2D eigenvalue weighted by molar-refractivity contribution is 0.321. The second kappa shape index (κ2) is 6.29. The van der Waals surface area contributed by atoms with Gasteiger partial charge in [0, 0.05) is 35.4 Å². The molecule has 0 bridgehead atoms. The van der Waals surface area contributed by atoms with Crippen molar-refractivity contribution in [2.24, 2.45) is 11.5 Å². The van der Waals surface area contributed by atoms with Gasteiger partial charge in [0.15, 0.2) is 0 Å². The van der Waals surface area contributed by atoms with E-state index < -0.39 is 0 Å². The zero-order chi connectivity index (χ0) is 14.7. The van der Waals surface area contributed by atoms with Crippen LogP contribution in [0, 0.1) is 0 Å². The predicted octanol–water partition coefficient (Wildman–Crippen LogP) is 2.39. The highest BCUT2D eigenvalue weighted by Gasteiger charge is 2.18. The highest BCUT2D eigenvalue weighted by atomic mass is 35.5. The minimum absolute atomic E-state index is 0.624. The van der Waals surface area contributed by atoms with Crippen LogP contribution in [-0.4, -0.2) is 18.0 Å². The van der Waals surface area contributed by atoms with E-state index in [1.54, 1.807) is 12.1 Å². The zero-order valence-corrected chi connectivity index (χ0v) is 12.8. The summed E-state index contributed by atoms with van der Waals surface area (Å²) in [5.74, 6) is 0.624. The minimum Gasteiger partial charge on any atom is -0.402 e. The van der Waals surface area contributed by atoms with Crippen molar-refractivity contribution < 1.29 is 0 Å². The normalized spacial score (nSPS) is 16.4. The number of rotatable bonds is 3. The molecule has 0 amide bonds. The van der Waals surface area contributed by atoms with Crippen LogP contribution in [0.15, 0.2) is 41.5 Å². The van der Waals surface area contributed by atoms with Crippen molar-refractivity contribution in [3.05, 3.63) is 57.1 Å². The van der Waals surface area contributed by atoms with Gasteiger partial charge in [-0.3, -0.25) is 0 Å². The van der Waals surface area contributed by atoms with Crippen molar-refractivity contribution in [2.75, 3.05) is 13.1 Å². The van der Waals surface area contributed by atoms with Gasteiger partial charge < -0.3 is 21.7 Å². The first-order chi connectivity index (χ1) is 9.47. The molecule has 0 radical (unpaired) electrons. The minimum atomic E-state index is 0.624. The summed E-state index contributed by atoms with van der Waals surface area (Å²) in [6, 6.07) is 5.46. The van der Waals surface area contributed by atoms with E-state index in [0.29, 0.717) is 28.1 Å². The van der Waals surface area contributed by atoms with E-state index in [-0.39, 0.29) is 0 Å². The van der Waals surface area contributed by atoms with Crippen LogP contribution in [0.3, 0.4) is 0 Å². The quantitative estimate of drug-likeness (QED) is 0.801. The summed E-state index contributed by atoms with van der Waals surface area (Å²) in [5.41, 5.74) is 14.3. The Balaban J connectivity index is 2.29. The van der Waals surface area contributed by atoms with Crippen molar-refractivity contribution >= 4 is 23.2 Å². The van der Waals surface area contributed by atoms with Gasteiger partial charge in [-0.15, -0.1) is 0 Å². The smallest absolute Gasteiger partial charge is 0.120 e. The summed E-state index contributed by atoms with van der Waals surface area (Å²) >= 11 is 12.2. The number of allylic oxidation sites excluding steroid dienone is 2. The molecule has 1 aromatic carbocycles. The number of benzene rings is 1. The largest absolute Gasteiger partial charge is 0.402 e. The van der Waals surface area contributed by atoms with Crippen molar-refractivity contribution in [3.8, 4) is 0 Å². The van der Waals surface area contributed by atoms with Crippen LogP contribution >= 0.6 is 23.2 Å². The van der Waals surface area contributed by atoms with E-state index in [0.717, 1.165) is 24.4 Å². The number of nitrogens with two attached hydrogens (primary N) is 2. The van der Waals surface area contributed by atoms with E-state index in [1.165, 1.54) is 0 Å². The second-order valence-electron chi connectivity index (χ2n) is 4.77. The van der Waals surface area contributed by atoms with Gasteiger partial charge in [0.05, 0.1) is 5.70 Å². The van der Waals surface area contributed by atoms with Gasteiger partial charge in [0.2, 0.25) is 0 Å². The Kier molecular flexibility index (Phi) is 4.68. The van der Waals surface area contributed by atoms with E-state index in [2.05, 4.69) is 10.2 Å². The SMILES string of the molecule is C/C(N)=C/C1=C(N)NCCN1Cc1cc(Cl)ccc1Cl. The molecule has 0 saturated carbocycles. The average Bonchev–Trinajstić information content (AvgIpc) is 2.37. The highest BCUT2D eigenvalue weighted by molar-refractivity contribution is 6.33. The summed E-state index contributed by atoms with van der Waals surface area (Å²) in [5, 5.41) is 4.50. The molecule has 0 aliphatic carbocycles. The summed E-state index contributed by atoms with van der Waals surface area (Å²) in [4.78, 5) is 2.14. The van der Waals surface area contributed by atoms with Crippen LogP contribution in [0.4, 0.5) is 0 Å². The summed E-state index contributed by atoms with van der Waals surface area (Å²) in [6.45, 7) is 4.08. The van der Waals surface area contributed by atoms with Gasteiger partial charge in [0.1, 0.15) is 5.82 Å². The molecule has 5 N–H and O–H groups in total. The van der Waals surface area contributed by atoms with E-state index in [9.17, 15) is 0 Å². The Morgan fingerprint density at radius 3 is 2.90 bits per heavy atom.